The summed E-state index contributed by atoms with van der Waals surface area (Å²) in [4.78, 5) is 7.86. The Morgan fingerprint density at radius 2 is 1.79 bits per heavy atom. The molecule has 0 saturated carbocycles. The van der Waals surface area contributed by atoms with Crippen LogP contribution in [0.25, 0.3) is 0 Å². The molecule has 0 radical (unpaired) electrons. The van der Waals surface area contributed by atoms with Crippen molar-refractivity contribution in [3.8, 4) is 5.75 Å². The van der Waals surface area contributed by atoms with Crippen molar-refractivity contribution in [1.29, 1.82) is 0 Å². The molecule has 1 aromatic rings. The van der Waals surface area contributed by atoms with Crippen molar-refractivity contribution in [2.75, 3.05) is 45.9 Å². The van der Waals surface area contributed by atoms with Gasteiger partial charge in [-0.2, -0.15) is 0 Å². The molecule has 2 fully saturated rings. The molecule has 3 rings (SSSR count). The minimum Gasteiger partial charge on any atom is -0.494 e. The van der Waals surface area contributed by atoms with Crippen molar-refractivity contribution in [3.05, 3.63) is 29.8 Å². The molecule has 5 heteroatoms. The molecule has 0 spiro atoms. The van der Waals surface area contributed by atoms with Crippen LogP contribution in [0.1, 0.15) is 45.6 Å². The van der Waals surface area contributed by atoms with E-state index >= 15 is 0 Å². The fourth-order valence-electron chi connectivity index (χ4n) is 4.74. The van der Waals surface area contributed by atoms with Crippen molar-refractivity contribution in [3.63, 3.8) is 0 Å². The number of likely N-dealkylation sites (tertiary alicyclic amines) is 1. The number of hydrogen-bond acceptors (Lipinski definition) is 5. The summed E-state index contributed by atoms with van der Waals surface area (Å²) in [5, 5.41) is 9.62. The highest BCUT2D eigenvalue weighted by Crippen LogP contribution is 2.24. The Hall–Kier alpha value is -1.14. The standard InChI is InChI=1S/C23H39N3O2/c1-4-28-23-7-5-20(6-8-23)17-25-14-15-26(18-22(25)11-16-27)21-9-12-24(13-10-21)19(2)3/h5-8,19,21-22,27H,4,9-18H2,1-3H3/t22-/m0/s1. The molecule has 0 bridgehead atoms. The topological polar surface area (TPSA) is 39.2 Å². The molecule has 1 N–H and O–H groups in total. The van der Waals surface area contributed by atoms with Crippen LogP contribution < -0.4 is 4.74 Å². The number of benzene rings is 1. The highest BCUT2D eigenvalue weighted by molar-refractivity contribution is 5.27. The van der Waals surface area contributed by atoms with E-state index in [1.54, 1.807) is 0 Å². The zero-order chi connectivity index (χ0) is 19.9. The molecule has 1 atom stereocenters. The van der Waals surface area contributed by atoms with Crippen LogP contribution >= 0.6 is 0 Å². The van der Waals surface area contributed by atoms with E-state index in [-0.39, 0.29) is 6.61 Å². The zero-order valence-corrected chi connectivity index (χ0v) is 18.0. The molecule has 158 valence electrons. The van der Waals surface area contributed by atoms with Gasteiger partial charge in [-0.25, -0.2) is 0 Å². The van der Waals surface area contributed by atoms with Gasteiger partial charge < -0.3 is 14.7 Å². The maximum atomic E-state index is 9.62. The SMILES string of the molecule is CCOc1ccc(CN2CCN(C3CCN(C(C)C)CC3)C[C@@H]2CCO)cc1. The van der Waals surface area contributed by atoms with Gasteiger partial charge in [-0.15, -0.1) is 0 Å². The number of aliphatic hydroxyl groups excluding tert-OH is 1. The molecule has 0 aromatic heterocycles. The van der Waals surface area contributed by atoms with Crippen molar-refractivity contribution in [1.82, 2.24) is 14.7 Å². The van der Waals surface area contributed by atoms with E-state index in [1.165, 1.54) is 31.5 Å². The second kappa shape index (κ2) is 10.6. The Labute approximate surface area is 171 Å². The zero-order valence-electron chi connectivity index (χ0n) is 18.0. The first-order chi connectivity index (χ1) is 13.6. The molecular weight excluding hydrogens is 350 g/mol. The van der Waals surface area contributed by atoms with Crippen molar-refractivity contribution < 1.29 is 9.84 Å². The number of hydrogen-bond donors (Lipinski definition) is 1. The molecule has 2 aliphatic rings. The average Bonchev–Trinajstić information content (AvgIpc) is 2.71. The van der Waals surface area contributed by atoms with Gasteiger partial charge in [0.25, 0.3) is 0 Å². The lowest BCUT2D eigenvalue weighted by Crippen LogP contribution is -2.57. The smallest absolute Gasteiger partial charge is 0.119 e. The summed E-state index contributed by atoms with van der Waals surface area (Å²) in [5.41, 5.74) is 1.32. The largest absolute Gasteiger partial charge is 0.494 e. The predicted molar refractivity (Wildman–Crippen MR) is 115 cm³/mol. The third kappa shape index (κ3) is 5.69. The third-order valence-corrected chi connectivity index (χ3v) is 6.46. The quantitative estimate of drug-likeness (QED) is 0.740. The van der Waals surface area contributed by atoms with Crippen LogP contribution in [0.15, 0.2) is 24.3 Å². The predicted octanol–water partition coefficient (Wildman–Crippen LogP) is 2.83. The second-order valence-electron chi connectivity index (χ2n) is 8.57. The number of ether oxygens (including phenoxy) is 1. The monoisotopic (exact) mass is 389 g/mol. The van der Waals surface area contributed by atoms with E-state index in [2.05, 4.69) is 52.8 Å². The summed E-state index contributed by atoms with van der Waals surface area (Å²) >= 11 is 0. The van der Waals surface area contributed by atoms with Gasteiger partial charge in [0.2, 0.25) is 0 Å². The molecule has 0 aliphatic carbocycles. The summed E-state index contributed by atoms with van der Waals surface area (Å²) in [5.74, 6) is 0.940. The summed E-state index contributed by atoms with van der Waals surface area (Å²) in [6.07, 6.45) is 3.42. The molecule has 2 aliphatic heterocycles. The highest BCUT2D eigenvalue weighted by Gasteiger charge is 2.32. The summed E-state index contributed by atoms with van der Waals surface area (Å²) in [6, 6.07) is 10.3. The van der Waals surface area contributed by atoms with Gasteiger partial charge in [0, 0.05) is 50.9 Å². The molecule has 2 saturated heterocycles. The van der Waals surface area contributed by atoms with Crippen LogP contribution in [0, 0.1) is 0 Å². The third-order valence-electron chi connectivity index (χ3n) is 6.46. The van der Waals surface area contributed by atoms with Crippen LogP contribution in [0.4, 0.5) is 0 Å². The van der Waals surface area contributed by atoms with Crippen LogP contribution in [-0.2, 0) is 6.54 Å². The number of aliphatic hydroxyl groups is 1. The van der Waals surface area contributed by atoms with Crippen molar-refractivity contribution >= 4 is 0 Å². The van der Waals surface area contributed by atoms with Crippen LogP contribution in [0.3, 0.4) is 0 Å². The fourth-order valence-corrected chi connectivity index (χ4v) is 4.74. The van der Waals surface area contributed by atoms with E-state index < -0.39 is 0 Å². The average molecular weight is 390 g/mol. The second-order valence-corrected chi connectivity index (χ2v) is 8.57. The molecule has 0 amide bonds. The normalized spacial score (nSPS) is 23.4. The molecule has 5 nitrogen and oxygen atoms in total. The Kier molecular flexibility index (Phi) is 8.15. The molecular formula is C23H39N3O2. The van der Waals surface area contributed by atoms with Gasteiger partial charge in [0.05, 0.1) is 6.61 Å². The molecule has 28 heavy (non-hydrogen) atoms. The molecule has 2 heterocycles. The first-order valence-electron chi connectivity index (χ1n) is 11.2. The van der Waals surface area contributed by atoms with Crippen LogP contribution in [0.5, 0.6) is 5.75 Å². The lowest BCUT2D eigenvalue weighted by Gasteiger charge is -2.47. The van der Waals surface area contributed by atoms with Gasteiger partial charge in [-0.3, -0.25) is 9.80 Å². The fraction of sp³-hybridized carbons (Fsp3) is 0.739. The minimum atomic E-state index is 0.268. The van der Waals surface area contributed by atoms with Gasteiger partial charge >= 0.3 is 0 Å². The van der Waals surface area contributed by atoms with E-state index in [4.69, 9.17) is 4.74 Å². The Morgan fingerprint density at radius 3 is 2.39 bits per heavy atom. The lowest BCUT2D eigenvalue weighted by atomic mass is 9.98. The van der Waals surface area contributed by atoms with Gasteiger partial charge in [-0.05, 0) is 70.8 Å². The van der Waals surface area contributed by atoms with Gasteiger partial charge in [0.15, 0.2) is 0 Å². The summed E-state index contributed by atoms with van der Waals surface area (Å²) < 4.78 is 5.56. The maximum absolute atomic E-state index is 9.62. The first-order valence-corrected chi connectivity index (χ1v) is 11.2. The molecule has 1 aromatic carbocycles. The number of nitrogens with zero attached hydrogens (tertiary/aromatic N) is 3. The van der Waals surface area contributed by atoms with E-state index in [9.17, 15) is 5.11 Å². The van der Waals surface area contributed by atoms with Crippen molar-refractivity contribution in [2.24, 2.45) is 0 Å². The van der Waals surface area contributed by atoms with Gasteiger partial charge in [0.1, 0.15) is 5.75 Å². The van der Waals surface area contributed by atoms with Gasteiger partial charge in [-0.1, -0.05) is 12.1 Å². The summed E-state index contributed by atoms with van der Waals surface area (Å²) in [7, 11) is 0. The first kappa shape index (κ1) is 21.6. The summed E-state index contributed by atoms with van der Waals surface area (Å²) in [6.45, 7) is 14.3. The maximum Gasteiger partial charge on any atom is 0.119 e. The van der Waals surface area contributed by atoms with E-state index in [1.807, 2.05) is 6.92 Å². The Bertz CT molecular complexity index is 570. The van der Waals surface area contributed by atoms with Crippen LogP contribution in [-0.4, -0.2) is 83.9 Å². The highest BCUT2D eigenvalue weighted by atomic mass is 16.5. The Morgan fingerprint density at radius 1 is 1.07 bits per heavy atom. The molecule has 0 unspecified atom stereocenters. The number of piperidine rings is 1. The van der Waals surface area contributed by atoms with E-state index in [0.717, 1.165) is 38.3 Å². The minimum absolute atomic E-state index is 0.268. The van der Waals surface area contributed by atoms with E-state index in [0.29, 0.717) is 24.7 Å². The number of rotatable bonds is 8. The lowest BCUT2D eigenvalue weighted by molar-refractivity contribution is 0.00988. The number of piperazine rings is 1. The Balaban J connectivity index is 1.55. The van der Waals surface area contributed by atoms with Crippen LogP contribution in [0.2, 0.25) is 0 Å². The van der Waals surface area contributed by atoms with Crippen molar-refractivity contribution in [2.45, 2.75) is 64.7 Å².